The van der Waals surface area contributed by atoms with Gasteiger partial charge in [-0.15, -0.1) is 23.1 Å². The van der Waals surface area contributed by atoms with E-state index in [1.54, 1.807) is 5.38 Å². The van der Waals surface area contributed by atoms with Crippen molar-refractivity contribution in [3.63, 3.8) is 0 Å². The summed E-state index contributed by atoms with van der Waals surface area (Å²) in [5.74, 6) is -1.35. The van der Waals surface area contributed by atoms with Crippen LogP contribution in [0.15, 0.2) is 264 Å². The number of thioether (sulfide) groups is 1. The number of ether oxygens (including phenoxy) is 1. The first-order valence-electron chi connectivity index (χ1n) is 25.2. The molecule has 380 valence electrons. The van der Waals surface area contributed by atoms with Gasteiger partial charge in [0.25, 0.3) is 11.8 Å². The zero-order chi connectivity index (χ0) is 52.6. The van der Waals surface area contributed by atoms with Gasteiger partial charge in [-0.25, -0.2) is 9.78 Å². The van der Waals surface area contributed by atoms with Crippen LogP contribution in [-0.4, -0.2) is 63.8 Å². The molecular weight excluding hydrogens is 1010 g/mol. The van der Waals surface area contributed by atoms with Crippen molar-refractivity contribution in [2.45, 2.75) is 23.1 Å². The molecule has 0 bridgehead atoms. The highest BCUT2D eigenvalue weighted by molar-refractivity contribution is 8.00. The first kappa shape index (κ1) is 50.7. The maximum absolute atomic E-state index is 15.5. The molecule has 9 aromatic rings. The van der Waals surface area contributed by atoms with Crippen LogP contribution in [0.2, 0.25) is 0 Å². The molecular formula is C64H53N5O5PS2+. The highest BCUT2D eigenvalue weighted by atomic mass is 32.2. The van der Waals surface area contributed by atoms with Crippen LogP contribution in [0.1, 0.15) is 39.6 Å². The number of anilines is 1. The monoisotopic (exact) mass is 1070 g/mol. The summed E-state index contributed by atoms with van der Waals surface area (Å²) < 4.78 is 6.67. The standard InChI is InChI=1S/C64H52N5O5PS2/c1-73-68-55(54-44-77-63(65-54)67-64(48-30-14-4-15-31-48,49-32-16-5-17-33-49)50-34-18-6-19-35-50)59(70)66-56-60(71)69-57(62(72)74-58(45-26-10-2-11-27-45)46-28-12-3-13-29-46)47(43-76-61(56)69)42-75(51-36-20-7-21-37-51,52-38-22-8-23-39-52)53-40-24-9-25-41-53/h2-41,44,56,58,61H,42-43H2,1H3,(H-,65,66,67,70)/p+1/b68-55+/t56?,61-/m1/s1. The lowest BCUT2D eigenvalue weighted by atomic mass is 9.77. The van der Waals surface area contributed by atoms with Gasteiger partial charge >= 0.3 is 5.97 Å². The summed E-state index contributed by atoms with van der Waals surface area (Å²) >= 11 is 2.83. The van der Waals surface area contributed by atoms with Crippen LogP contribution in [0.4, 0.5) is 5.13 Å². The largest absolute Gasteiger partial charge is 0.448 e. The Labute approximate surface area is 456 Å². The Balaban J connectivity index is 0.944. The number of β-lactam (4-membered cyclic amide) rings is 1. The molecule has 0 saturated carbocycles. The third-order valence-electron chi connectivity index (χ3n) is 14.0. The highest BCUT2D eigenvalue weighted by Gasteiger charge is 2.57. The SMILES string of the molecule is CO/N=C(/C(=O)NC1C(=O)N2C(C(=O)OC(c3ccccc3)c3ccccc3)=C(C[P+](c3ccccc3)(c3ccccc3)c3ccccc3)CS[C@H]12)c1csc(NC(c2ccccc2)(c2ccccc2)c2ccccc2)n1. The molecule has 2 amide bonds. The number of carbonyl (C=O) groups excluding carboxylic acids is 3. The molecule has 8 aromatic carbocycles. The minimum absolute atomic E-state index is 0.110. The van der Waals surface area contributed by atoms with E-state index < -0.39 is 48.1 Å². The van der Waals surface area contributed by atoms with E-state index in [-0.39, 0.29) is 17.1 Å². The smallest absolute Gasteiger partial charge is 0.356 e. The van der Waals surface area contributed by atoms with E-state index in [0.29, 0.717) is 17.0 Å². The number of rotatable bonds is 18. The summed E-state index contributed by atoms with van der Waals surface area (Å²) in [7, 11) is -1.21. The molecule has 77 heavy (non-hydrogen) atoms. The van der Waals surface area contributed by atoms with E-state index in [1.165, 1.54) is 35.1 Å². The van der Waals surface area contributed by atoms with Crippen molar-refractivity contribution in [1.82, 2.24) is 15.2 Å². The number of esters is 1. The van der Waals surface area contributed by atoms with Crippen LogP contribution in [-0.2, 0) is 29.5 Å². The fourth-order valence-corrected chi connectivity index (χ4v) is 17.0. The second kappa shape index (κ2) is 22.8. The van der Waals surface area contributed by atoms with Crippen molar-refractivity contribution in [1.29, 1.82) is 0 Å². The predicted molar refractivity (Wildman–Crippen MR) is 311 cm³/mol. The van der Waals surface area contributed by atoms with Crippen molar-refractivity contribution in [2.75, 3.05) is 24.3 Å². The molecule has 0 spiro atoms. The molecule has 2 N–H and O–H groups in total. The summed E-state index contributed by atoms with van der Waals surface area (Å²) in [6, 6.07) is 80.1. The van der Waals surface area contributed by atoms with E-state index in [1.807, 2.05) is 133 Å². The van der Waals surface area contributed by atoms with Crippen molar-refractivity contribution in [3.8, 4) is 0 Å². The molecule has 13 heteroatoms. The maximum atomic E-state index is 15.5. The van der Waals surface area contributed by atoms with Crippen LogP contribution in [0.3, 0.4) is 0 Å². The number of hydrogen-bond acceptors (Lipinski definition) is 10. The van der Waals surface area contributed by atoms with Crippen molar-refractivity contribution in [2.24, 2.45) is 5.16 Å². The summed E-state index contributed by atoms with van der Waals surface area (Å²) in [6.07, 6.45) is -0.332. The lowest BCUT2D eigenvalue weighted by Gasteiger charge is -2.50. The molecule has 0 aliphatic carbocycles. The molecule has 3 heterocycles. The van der Waals surface area contributed by atoms with Gasteiger partial charge in [-0.1, -0.05) is 211 Å². The number of hydrogen-bond donors (Lipinski definition) is 2. The van der Waals surface area contributed by atoms with E-state index >= 15 is 9.59 Å². The van der Waals surface area contributed by atoms with Gasteiger partial charge in [-0.05, 0) is 64.2 Å². The fraction of sp³-hybridized carbons (Fsp3) is 0.109. The number of nitrogens with zero attached hydrogens (tertiary/aromatic N) is 3. The Morgan fingerprint density at radius 3 is 1.52 bits per heavy atom. The third kappa shape index (κ3) is 9.99. The Morgan fingerprint density at radius 2 is 1.08 bits per heavy atom. The Hall–Kier alpha value is -8.41. The number of carbonyl (C=O) groups is 3. The van der Waals surface area contributed by atoms with Crippen LogP contribution < -0.4 is 26.5 Å². The molecule has 1 aromatic heterocycles. The number of aromatic nitrogens is 1. The average molecular weight is 1070 g/mol. The van der Waals surface area contributed by atoms with Crippen LogP contribution in [0.5, 0.6) is 0 Å². The molecule has 2 aliphatic rings. The van der Waals surface area contributed by atoms with Gasteiger partial charge in [0, 0.05) is 16.7 Å². The number of amides is 2. The van der Waals surface area contributed by atoms with Crippen molar-refractivity contribution >= 4 is 74.9 Å². The molecule has 11 rings (SSSR count). The van der Waals surface area contributed by atoms with E-state index in [4.69, 9.17) is 14.6 Å². The number of fused-ring (bicyclic) bond motifs is 1. The lowest BCUT2D eigenvalue weighted by molar-refractivity contribution is -0.154. The molecule has 0 radical (unpaired) electrons. The highest BCUT2D eigenvalue weighted by Crippen LogP contribution is 2.58. The zero-order valence-corrected chi connectivity index (χ0v) is 44.5. The Kier molecular flexibility index (Phi) is 15.0. The normalized spacial score (nSPS) is 15.5. The lowest BCUT2D eigenvalue weighted by Crippen LogP contribution is -2.71. The third-order valence-corrected chi connectivity index (χ3v) is 20.5. The van der Waals surface area contributed by atoms with E-state index in [0.717, 1.165) is 49.3 Å². The summed E-state index contributed by atoms with van der Waals surface area (Å²) in [4.78, 5) is 57.0. The first-order valence-corrected chi connectivity index (χ1v) is 29.1. The average Bonchev–Trinajstić information content (AvgIpc) is 3.99. The minimum atomic E-state index is -2.58. The molecule has 2 aliphatic heterocycles. The number of oxime groups is 1. The number of nitrogens with one attached hydrogen (secondary N) is 2. The van der Waals surface area contributed by atoms with Crippen molar-refractivity contribution in [3.05, 3.63) is 293 Å². The zero-order valence-electron chi connectivity index (χ0n) is 42.0. The quantitative estimate of drug-likeness (QED) is 0.0218. The molecule has 2 atom stereocenters. The Morgan fingerprint density at radius 1 is 0.649 bits per heavy atom. The molecule has 1 unspecified atom stereocenters. The van der Waals surface area contributed by atoms with Gasteiger partial charge in [0.1, 0.15) is 58.6 Å². The van der Waals surface area contributed by atoms with E-state index in [9.17, 15) is 4.79 Å². The summed E-state index contributed by atoms with van der Waals surface area (Å²) in [6.45, 7) is 0. The topological polar surface area (TPSA) is 122 Å². The number of benzene rings is 8. The maximum Gasteiger partial charge on any atom is 0.356 e. The van der Waals surface area contributed by atoms with Crippen LogP contribution in [0.25, 0.3) is 0 Å². The number of thiazole rings is 1. The Bertz CT molecular complexity index is 3310. The van der Waals surface area contributed by atoms with Gasteiger partial charge in [0.05, 0.1) is 6.16 Å². The van der Waals surface area contributed by atoms with E-state index in [2.05, 4.69) is 125 Å². The van der Waals surface area contributed by atoms with Gasteiger partial charge in [0.15, 0.2) is 16.9 Å². The fourth-order valence-electron chi connectivity index (χ4n) is 10.5. The summed E-state index contributed by atoms with van der Waals surface area (Å²) in [5, 5.41) is 16.0. The summed E-state index contributed by atoms with van der Waals surface area (Å²) in [5.41, 5.74) is 4.76. The van der Waals surface area contributed by atoms with Crippen LogP contribution in [0, 0.1) is 0 Å². The molecule has 10 nitrogen and oxygen atoms in total. The molecule has 1 saturated heterocycles. The van der Waals surface area contributed by atoms with Crippen molar-refractivity contribution < 1.29 is 24.0 Å². The van der Waals surface area contributed by atoms with Crippen LogP contribution >= 0.6 is 30.4 Å². The predicted octanol–water partition coefficient (Wildman–Crippen LogP) is 10.9. The second-order valence-electron chi connectivity index (χ2n) is 18.5. The van der Waals surface area contributed by atoms with Gasteiger partial charge in [0.2, 0.25) is 0 Å². The van der Waals surface area contributed by atoms with Gasteiger partial charge < -0.3 is 20.2 Å². The minimum Gasteiger partial charge on any atom is -0.448 e. The molecule has 1 fully saturated rings. The van der Waals surface area contributed by atoms with Gasteiger partial charge in [-0.3, -0.25) is 14.5 Å². The second-order valence-corrected chi connectivity index (χ2v) is 24.0. The van der Waals surface area contributed by atoms with Gasteiger partial charge in [-0.2, -0.15) is 0 Å². The first-order chi connectivity index (χ1) is 37.9.